The standard InChI is InChI=1S/C25H27Cl2N3O5S/c26-18-8-9-21(19(27)15-18)34-13-4-7-22(31)29-25(36)30-12-11-28-24(33)20(30)16-23(32)35-14-10-17-5-2-1-3-6-17/h1-3,5-6,8-9,15,20H,4,7,10-14,16H2,(H,28,33)(H,29,31,36)/t20-/m0/s1. The summed E-state index contributed by atoms with van der Waals surface area (Å²) in [6, 6.07) is 13.7. The van der Waals surface area contributed by atoms with Gasteiger partial charge in [-0.25, -0.2) is 0 Å². The van der Waals surface area contributed by atoms with Crippen LogP contribution < -0.4 is 15.4 Å². The van der Waals surface area contributed by atoms with E-state index in [0.717, 1.165) is 5.56 Å². The minimum absolute atomic E-state index is 0.0959. The molecule has 0 unspecified atom stereocenters. The molecule has 0 aromatic heterocycles. The summed E-state index contributed by atoms with van der Waals surface area (Å²) in [5.74, 6) is -0.688. The maximum atomic E-state index is 12.5. The van der Waals surface area contributed by atoms with E-state index in [0.29, 0.717) is 41.7 Å². The predicted octanol–water partition coefficient (Wildman–Crippen LogP) is 3.53. The zero-order valence-electron chi connectivity index (χ0n) is 19.5. The van der Waals surface area contributed by atoms with Crippen LogP contribution in [-0.2, 0) is 25.5 Å². The Kier molecular flexibility index (Phi) is 10.8. The predicted molar refractivity (Wildman–Crippen MR) is 141 cm³/mol. The van der Waals surface area contributed by atoms with Crippen molar-refractivity contribution in [3.63, 3.8) is 0 Å². The minimum atomic E-state index is -0.855. The molecule has 1 saturated heterocycles. The Morgan fingerprint density at radius 3 is 2.67 bits per heavy atom. The molecule has 0 saturated carbocycles. The van der Waals surface area contributed by atoms with Gasteiger partial charge in [-0.1, -0.05) is 53.5 Å². The molecule has 192 valence electrons. The largest absolute Gasteiger partial charge is 0.492 e. The third-order valence-electron chi connectivity index (χ3n) is 5.39. The number of nitrogens with zero attached hydrogens (tertiary/aromatic N) is 1. The second kappa shape index (κ2) is 14.0. The molecule has 2 aromatic rings. The highest BCUT2D eigenvalue weighted by Crippen LogP contribution is 2.27. The number of thiocarbonyl (C=S) groups is 1. The molecule has 0 spiro atoms. The monoisotopic (exact) mass is 551 g/mol. The van der Waals surface area contributed by atoms with E-state index in [2.05, 4.69) is 10.6 Å². The molecular weight excluding hydrogens is 525 g/mol. The van der Waals surface area contributed by atoms with Crippen molar-refractivity contribution in [2.24, 2.45) is 0 Å². The maximum absolute atomic E-state index is 12.5. The van der Waals surface area contributed by atoms with Crippen molar-refractivity contribution in [2.45, 2.75) is 31.7 Å². The highest BCUT2D eigenvalue weighted by Gasteiger charge is 2.34. The first-order valence-corrected chi connectivity index (χ1v) is 12.7. The van der Waals surface area contributed by atoms with Gasteiger partial charge >= 0.3 is 5.97 Å². The Bertz CT molecular complexity index is 1090. The van der Waals surface area contributed by atoms with Crippen LogP contribution >= 0.6 is 35.4 Å². The molecule has 0 bridgehead atoms. The third kappa shape index (κ3) is 8.65. The van der Waals surface area contributed by atoms with Gasteiger partial charge in [0, 0.05) is 31.0 Å². The topological polar surface area (TPSA) is 97.0 Å². The van der Waals surface area contributed by atoms with Gasteiger partial charge < -0.3 is 25.0 Å². The molecule has 36 heavy (non-hydrogen) atoms. The number of carbonyl (C=O) groups is 3. The highest BCUT2D eigenvalue weighted by molar-refractivity contribution is 7.80. The summed E-state index contributed by atoms with van der Waals surface area (Å²) in [7, 11) is 0. The summed E-state index contributed by atoms with van der Waals surface area (Å²) in [6.45, 7) is 1.20. The normalized spacial score (nSPS) is 15.1. The lowest BCUT2D eigenvalue weighted by Crippen LogP contribution is -2.60. The lowest BCUT2D eigenvalue weighted by Gasteiger charge is -2.36. The van der Waals surface area contributed by atoms with E-state index >= 15 is 0 Å². The van der Waals surface area contributed by atoms with Crippen LogP contribution in [-0.4, -0.2) is 60.1 Å². The molecule has 1 heterocycles. The average molecular weight is 552 g/mol. The van der Waals surface area contributed by atoms with Gasteiger partial charge in [0.15, 0.2) is 5.11 Å². The second-order valence-electron chi connectivity index (χ2n) is 8.04. The molecule has 2 amide bonds. The summed E-state index contributed by atoms with van der Waals surface area (Å²) in [5.41, 5.74) is 1.05. The fraction of sp³-hybridized carbons (Fsp3) is 0.360. The number of carbonyl (C=O) groups excluding carboxylic acids is 3. The number of benzene rings is 2. The molecule has 0 radical (unpaired) electrons. The summed E-state index contributed by atoms with van der Waals surface area (Å²) in [4.78, 5) is 38.8. The van der Waals surface area contributed by atoms with Crippen LogP contribution in [0.1, 0.15) is 24.8 Å². The fourth-order valence-electron chi connectivity index (χ4n) is 3.57. The van der Waals surface area contributed by atoms with Crippen molar-refractivity contribution in [1.29, 1.82) is 0 Å². The Morgan fingerprint density at radius 2 is 1.92 bits per heavy atom. The SMILES string of the molecule is O=C(CCCOc1ccc(Cl)cc1Cl)NC(=S)N1CCNC(=O)[C@@H]1CC(=O)OCCc1ccccc1. The summed E-state index contributed by atoms with van der Waals surface area (Å²) < 4.78 is 10.9. The van der Waals surface area contributed by atoms with Crippen molar-refractivity contribution >= 4 is 58.3 Å². The van der Waals surface area contributed by atoms with Gasteiger partial charge in [0.25, 0.3) is 0 Å². The van der Waals surface area contributed by atoms with E-state index in [9.17, 15) is 14.4 Å². The molecule has 11 heteroatoms. The zero-order chi connectivity index (χ0) is 25.9. The second-order valence-corrected chi connectivity index (χ2v) is 9.27. The van der Waals surface area contributed by atoms with Gasteiger partial charge in [0.1, 0.15) is 11.8 Å². The van der Waals surface area contributed by atoms with Crippen molar-refractivity contribution in [1.82, 2.24) is 15.5 Å². The molecule has 8 nitrogen and oxygen atoms in total. The lowest BCUT2D eigenvalue weighted by molar-refractivity contribution is -0.147. The van der Waals surface area contributed by atoms with E-state index in [4.69, 9.17) is 44.9 Å². The van der Waals surface area contributed by atoms with E-state index in [1.165, 1.54) is 0 Å². The van der Waals surface area contributed by atoms with E-state index < -0.39 is 12.0 Å². The van der Waals surface area contributed by atoms with Gasteiger partial charge in [-0.05, 0) is 42.4 Å². The first-order chi connectivity index (χ1) is 17.3. The number of esters is 1. The van der Waals surface area contributed by atoms with E-state index in [-0.39, 0.29) is 43.0 Å². The van der Waals surface area contributed by atoms with Crippen molar-refractivity contribution in [3.05, 3.63) is 64.1 Å². The van der Waals surface area contributed by atoms with Gasteiger partial charge in [-0.15, -0.1) is 0 Å². The molecular formula is C25H27Cl2N3O5S. The number of rotatable bonds is 10. The summed E-state index contributed by atoms with van der Waals surface area (Å²) >= 11 is 17.3. The fourth-order valence-corrected chi connectivity index (χ4v) is 4.36. The van der Waals surface area contributed by atoms with Crippen LogP contribution in [0.25, 0.3) is 0 Å². The number of hydrogen-bond acceptors (Lipinski definition) is 6. The highest BCUT2D eigenvalue weighted by atomic mass is 35.5. The van der Waals surface area contributed by atoms with Gasteiger partial charge in [0.2, 0.25) is 11.8 Å². The average Bonchev–Trinajstić information content (AvgIpc) is 2.84. The number of ether oxygens (including phenoxy) is 2. The Labute approximate surface area is 225 Å². The van der Waals surface area contributed by atoms with Crippen molar-refractivity contribution < 1.29 is 23.9 Å². The zero-order valence-corrected chi connectivity index (χ0v) is 21.8. The van der Waals surface area contributed by atoms with Gasteiger partial charge in [-0.2, -0.15) is 0 Å². The lowest BCUT2D eigenvalue weighted by atomic mass is 10.1. The summed E-state index contributed by atoms with van der Waals surface area (Å²) in [5, 5.41) is 6.36. The molecule has 1 atom stereocenters. The smallest absolute Gasteiger partial charge is 0.308 e. The summed E-state index contributed by atoms with van der Waals surface area (Å²) in [6.07, 6.45) is 0.977. The Hall–Kier alpha value is -2.88. The van der Waals surface area contributed by atoms with Crippen LogP contribution in [0.5, 0.6) is 5.75 Å². The van der Waals surface area contributed by atoms with Crippen LogP contribution in [0.15, 0.2) is 48.5 Å². The van der Waals surface area contributed by atoms with Gasteiger partial charge in [-0.3, -0.25) is 14.4 Å². The molecule has 2 aromatic carbocycles. The minimum Gasteiger partial charge on any atom is -0.492 e. The molecule has 1 aliphatic rings. The number of piperazine rings is 1. The molecule has 3 rings (SSSR count). The first-order valence-electron chi connectivity index (χ1n) is 11.5. The van der Waals surface area contributed by atoms with Crippen LogP contribution in [0.3, 0.4) is 0 Å². The number of hydrogen-bond donors (Lipinski definition) is 2. The number of halogens is 2. The Balaban J connectivity index is 1.42. The van der Waals surface area contributed by atoms with Crippen molar-refractivity contribution in [2.75, 3.05) is 26.3 Å². The number of amides is 2. The molecule has 1 aliphatic heterocycles. The van der Waals surface area contributed by atoms with Crippen LogP contribution in [0, 0.1) is 0 Å². The molecule has 1 fully saturated rings. The Morgan fingerprint density at radius 1 is 1.14 bits per heavy atom. The van der Waals surface area contributed by atoms with Crippen LogP contribution in [0.2, 0.25) is 10.0 Å². The molecule has 2 N–H and O–H groups in total. The quantitative estimate of drug-likeness (QED) is 0.265. The first kappa shape index (κ1) is 27.7. The van der Waals surface area contributed by atoms with E-state index in [1.807, 2.05) is 30.3 Å². The van der Waals surface area contributed by atoms with E-state index in [1.54, 1.807) is 23.1 Å². The van der Waals surface area contributed by atoms with Crippen molar-refractivity contribution in [3.8, 4) is 5.75 Å². The molecule has 0 aliphatic carbocycles. The maximum Gasteiger partial charge on any atom is 0.308 e. The van der Waals surface area contributed by atoms with Gasteiger partial charge in [0.05, 0.1) is 24.7 Å². The van der Waals surface area contributed by atoms with Crippen LogP contribution in [0.4, 0.5) is 0 Å². The number of nitrogens with one attached hydrogen (secondary N) is 2. The third-order valence-corrected chi connectivity index (χ3v) is 6.26.